The summed E-state index contributed by atoms with van der Waals surface area (Å²) in [6, 6.07) is 0.529. The summed E-state index contributed by atoms with van der Waals surface area (Å²) in [5, 5.41) is 11.9. The maximum Gasteiger partial charge on any atom is 0.0698 e. The van der Waals surface area contributed by atoms with Crippen molar-refractivity contribution in [1.82, 2.24) is 10.2 Å². The predicted octanol–water partition coefficient (Wildman–Crippen LogP) is 0.0692. The summed E-state index contributed by atoms with van der Waals surface area (Å²) in [5.74, 6) is 0. The van der Waals surface area contributed by atoms with Crippen molar-refractivity contribution in [3.63, 3.8) is 0 Å². The summed E-state index contributed by atoms with van der Waals surface area (Å²) in [6.07, 6.45) is 2.71. The lowest BCUT2D eigenvalue weighted by atomic mass is 10.3. The van der Waals surface area contributed by atoms with E-state index < -0.39 is 0 Å². The maximum atomic E-state index is 8.51. The average Bonchev–Trinajstić information content (AvgIpc) is 2.70. The van der Waals surface area contributed by atoms with Gasteiger partial charge in [0.1, 0.15) is 0 Å². The van der Waals surface area contributed by atoms with E-state index in [2.05, 4.69) is 17.1 Å². The summed E-state index contributed by atoms with van der Waals surface area (Å²) in [5.41, 5.74) is 0. The molecule has 4 heteroatoms. The van der Waals surface area contributed by atoms with Gasteiger partial charge in [-0.1, -0.05) is 0 Å². The van der Waals surface area contributed by atoms with Crippen LogP contribution in [0.4, 0.5) is 0 Å². The Bertz CT molecular complexity index is 150. The molecule has 0 bridgehead atoms. The van der Waals surface area contributed by atoms with E-state index in [0.29, 0.717) is 19.3 Å². The summed E-state index contributed by atoms with van der Waals surface area (Å²) >= 11 is 0. The molecule has 2 N–H and O–H groups in total. The molecule has 0 aliphatic carbocycles. The number of nitrogens with one attached hydrogen (secondary N) is 1. The minimum atomic E-state index is 0.114. The van der Waals surface area contributed by atoms with Crippen LogP contribution in [0.25, 0.3) is 0 Å². The molecule has 1 atom stereocenters. The highest BCUT2D eigenvalue weighted by Crippen LogP contribution is 2.07. The zero-order chi connectivity index (χ0) is 10.9. The third-order valence-electron chi connectivity index (χ3n) is 2.71. The number of ether oxygens (including phenoxy) is 1. The fraction of sp³-hybridized carbons (Fsp3) is 1.00. The molecule has 1 aliphatic rings. The lowest BCUT2D eigenvalue weighted by Crippen LogP contribution is -2.39. The standard InChI is InChI=1S/C11H24N2O2/c1-11(10-13-5-2-3-6-13)12-4-8-15-9-7-14/h11-12,14H,2-10H2,1H3. The van der Waals surface area contributed by atoms with Crippen LogP contribution in [0, 0.1) is 0 Å². The molecule has 15 heavy (non-hydrogen) atoms. The first-order chi connectivity index (χ1) is 7.33. The third kappa shape index (κ3) is 6.10. The molecule has 0 aromatic carbocycles. The first-order valence-electron chi connectivity index (χ1n) is 5.97. The topological polar surface area (TPSA) is 44.7 Å². The molecule has 1 rings (SSSR count). The van der Waals surface area contributed by atoms with Crippen molar-refractivity contribution in [1.29, 1.82) is 0 Å². The van der Waals surface area contributed by atoms with Crippen LogP contribution < -0.4 is 5.32 Å². The number of hydrogen-bond donors (Lipinski definition) is 2. The molecule has 90 valence electrons. The van der Waals surface area contributed by atoms with E-state index in [1.54, 1.807) is 0 Å². The second-order valence-corrected chi connectivity index (χ2v) is 4.20. The second kappa shape index (κ2) is 8.05. The molecule has 0 spiro atoms. The Morgan fingerprint density at radius 2 is 2.07 bits per heavy atom. The smallest absolute Gasteiger partial charge is 0.0698 e. The van der Waals surface area contributed by atoms with E-state index in [-0.39, 0.29) is 6.61 Å². The highest BCUT2D eigenvalue weighted by molar-refractivity contribution is 4.72. The monoisotopic (exact) mass is 216 g/mol. The molecule has 0 amide bonds. The van der Waals surface area contributed by atoms with Gasteiger partial charge in [0.25, 0.3) is 0 Å². The van der Waals surface area contributed by atoms with Crippen LogP contribution in [0.15, 0.2) is 0 Å². The minimum Gasteiger partial charge on any atom is -0.394 e. The Labute approximate surface area is 92.6 Å². The fourth-order valence-electron chi connectivity index (χ4n) is 1.96. The third-order valence-corrected chi connectivity index (χ3v) is 2.71. The lowest BCUT2D eigenvalue weighted by molar-refractivity contribution is 0.0921. The van der Waals surface area contributed by atoms with E-state index in [0.717, 1.165) is 13.1 Å². The van der Waals surface area contributed by atoms with E-state index >= 15 is 0 Å². The molecule has 4 nitrogen and oxygen atoms in total. The second-order valence-electron chi connectivity index (χ2n) is 4.20. The number of likely N-dealkylation sites (tertiary alicyclic amines) is 1. The van der Waals surface area contributed by atoms with Crippen molar-refractivity contribution in [2.45, 2.75) is 25.8 Å². The van der Waals surface area contributed by atoms with Crippen LogP contribution >= 0.6 is 0 Å². The van der Waals surface area contributed by atoms with Gasteiger partial charge < -0.3 is 20.1 Å². The predicted molar refractivity (Wildman–Crippen MR) is 61.0 cm³/mol. The molecule has 0 aromatic rings. The van der Waals surface area contributed by atoms with Crippen molar-refractivity contribution >= 4 is 0 Å². The number of nitrogens with zero attached hydrogens (tertiary/aromatic N) is 1. The Morgan fingerprint density at radius 3 is 2.73 bits per heavy atom. The van der Waals surface area contributed by atoms with Gasteiger partial charge >= 0.3 is 0 Å². The van der Waals surface area contributed by atoms with E-state index in [9.17, 15) is 0 Å². The van der Waals surface area contributed by atoms with Gasteiger partial charge in [-0.15, -0.1) is 0 Å². The van der Waals surface area contributed by atoms with Gasteiger partial charge in [-0.3, -0.25) is 0 Å². The largest absolute Gasteiger partial charge is 0.394 e. The van der Waals surface area contributed by atoms with Gasteiger partial charge in [0.05, 0.1) is 19.8 Å². The number of aliphatic hydroxyl groups is 1. The fourth-order valence-corrected chi connectivity index (χ4v) is 1.96. The maximum absolute atomic E-state index is 8.51. The van der Waals surface area contributed by atoms with Crippen LogP contribution in [0.1, 0.15) is 19.8 Å². The molecule has 0 aromatic heterocycles. The van der Waals surface area contributed by atoms with Crippen molar-refractivity contribution in [2.24, 2.45) is 0 Å². The van der Waals surface area contributed by atoms with Gasteiger partial charge in [0.2, 0.25) is 0 Å². The van der Waals surface area contributed by atoms with Gasteiger partial charge in [-0.05, 0) is 32.9 Å². The van der Waals surface area contributed by atoms with Gasteiger partial charge in [-0.2, -0.15) is 0 Å². The van der Waals surface area contributed by atoms with Crippen molar-refractivity contribution in [3.05, 3.63) is 0 Å². The van der Waals surface area contributed by atoms with Gasteiger partial charge in [0, 0.05) is 19.1 Å². The highest BCUT2D eigenvalue weighted by Gasteiger charge is 2.13. The molecule has 1 fully saturated rings. The van der Waals surface area contributed by atoms with Crippen molar-refractivity contribution < 1.29 is 9.84 Å². The summed E-state index contributed by atoms with van der Waals surface area (Å²) in [6.45, 7) is 7.98. The van der Waals surface area contributed by atoms with E-state index in [4.69, 9.17) is 9.84 Å². The lowest BCUT2D eigenvalue weighted by Gasteiger charge is -2.21. The molecule has 1 heterocycles. The SMILES string of the molecule is CC(CN1CCCC1)NCCOCCO. The molecule has 1 saturated heterocycles. The first-order valence-corrected chi connectivity index (χ1v) is 5.97. The number of rotatable bonds is 8. The normalized spacial score (nSPS) is 19.6. The molecule has 0 saturated carbocycles. The van der Waals surface area contributed by atoms with Gasteiger partial charge in [0.15, 0.2) is 0 Å². The van der Waals surface area contributed by atoms with Crippen LogP contribution in [-0.4, -0.2) is 62.0 Å². The van der Waals surface area contributed by atoms with Crippen LogP contribution in [0.3, 0.4) is 0 Å². The Hall–Kier alpha value is -0.160. The quantitative estimate of drug-likeness (QED) is 0.564. The molecule has 1 aliphatic heterocycles. The average molecular weight is 216 g/mol. The van der Waals surface area contributed by atoms with Crippen LogP contribution in [-0.2, 0) is 4.74 Å². The minimum absolute atomic E-state index is 0.114. The first kappa shape index (κ1) is 12.9. The van der Waals surface area contributed by atoms with Crippen molar-refractivity contribution in [2.75, 3.05) is 46.0 Å². The summed E-state index contributed by atoms with van der Waals surface area (Å²) in [4.78, 5) is 2.51. The molecule has 1 unspecified atom stereocenters. The zero-order valence-corrected chi connectivity index (χ0v) is 9.74. The molecular weight excluding hydrogens is 192 g/mol. The molecular formula is C11H24N2O2. The number of hydrogen-bond acceptors (Lipinski definition) is 4. The Balaban J connectivity index is 1.91. The Morgan fingerprint density at radius 1 is 1.33 bits per heavy atom. The zero-order valence-electron chi connectivity index (χ0n) is 9.74. The van der Waals surface area contributed by atoms with Gasteiger partial charge in [-0.25, -0.2) is 0 Å². The highest BCUT2D eigenvalue weighted by atomic mass is 16.5. The van der Waals surface area contributed by atoms with E-state index in [1.807, 2.05) is 0 Å². The van der Waals surface area contributed by atoms with Crippen LogP contribution in [0.2, 0.25) is 0 Å². The Kier molecular flexibility index (Phi) is 6.92. The van der Waals surface area contributed by atoms with Crippen LogP contribution in [0.5, 0.6) is 0 Å². The molecule has 0 radical (unpaired) electrons. The summed E-state index contributed by atoms with van der Waals surface area (Å²) < 4.78 is 5.18. The van der Waals surface area contributed by atoms with Crippen molar-refractivity contribution in [3.8, 4) is 0 Å². The van der Waals surface area contributed by atoms with E-state index in [1.165, 1.54) is 25.9 Å². The number of aliphatic hydroxyl groups excluding tert-OH is 1. The summed E-state index contributed by atoms with van der Waals surface area (Å²) in [7, 11) is 0.